The van der Waals surface area contributed by atoms with Gasteiger partial charge in [0.25, 0.3) is 5.91 Å². The summed E-state index contributed by atoms with van der Waals surface area (Å²) in [5.41, 5.74) is 2.58. The summed E-state index contributed by atoms with van der Waals surface area (Å²) >= 11 is 0. The van der Waals surface area contributed by atoms with E-state index in [2.05, 4.69) is 20.6 Å². The Balaban J connectivity index is 1.44. The molecule has 0 radical (unpaired) electrons. The Bertz CT molecular complexity index is 976. The van der Waals surface area contributed by atoms with E-state index < -0.39 is 0 Å². The van der Waals surface area contributed by atoms with Gasteiger partial charge in [0.2, 0.25) is 5.88 Å². The molecule has 0 spiro atoms. The number of carbonyl (C=O) groups excluding carboxylic acids is 1. The van der Waals surface area contributed by atoms with Crippen molar-refractivity contribution in [1.29, 1.82) is 0 Å². The van der Waals surface area contributed by atoms with Gasteiger partial charge in [-0.1, -0.05) is 11.2 Å². The van der Waals surface area contributed by atoms with Gasteiger partial charge in [0.05, 0.1) is 11.3 Å². The van der Waals surface area contributed by atoms with Crippen molar-refractivity contribution in [2.45, 2.75) is 32.4 Å². The summed E-state index contributed by atoms with van der Waals surface area (Å²) in [6.45, 7) is 3.37. The minimum atomic E-state index is -0.169. The van der Waals surface area contributed by atoms with Crippen LogP contribution in [0.4, 0.5) is 0 Å². The maximum atomic E-state index is 12.6. The van der Waals surface area contributed by atoms with E-state index in [4.69, 9.17) is 14.0 Å². The molecule has 1 aliphatic rings. The number of hydrogen-bond acceptors (Lipinski definition) is 7. The van der Waals surface area contributed by atoms with Crippen molar-refractivity contribution < 1.29 is 18.8 Å². The lowest BCUT2D eigenvalue weighted by Gasteiger charge is -2.22. The average Bonchev–Trinajstić information content (AvgIpc) is 3.30. The lowest BCUT2D eigenvalue weighted by atomic mass is 10.1. The Morgan fingerprint density at radius 3 is 2.93 bits per heavy atom. The first-order chi connectivity index (χ1) is 14.1. The van der Waals surface area contributed by atoms with E-state index in [-0.39, 0.29) is 18.6 Å². The Morgan fingerprint density at radius 1 is 1.34 bits per heavy atom. The molecule has 3 aromatic heterocycles. The van der Waals surface area contributed by atoms with Crippen LogP contribution < -0.4 is 10.1 Å². The summed E-state index contributed by atoms with van der Waals surface area (Å²) in [5.74, 6) is 0.841. The molecule has 9 heteroatoms. The summed E-state index contributed by atoms with van der Waals surface area (Å²) in [6.07, 6.45) is 3.33. The maximum absolute atomic E-state index is 12.6. The topological polar surface area (TPSA) is 104 Å². The Morgan fingerprint density at radius 2 is 2.17 bits per heavy atom. The minimum Gasteiger partial charge on any atom is -0.471 e. The van der Waals surface area contributed by atoms with Crippen LogP contribution >= 0.6 is 0 Å². The SMILES string of the molecule is Cc1onc(-c2ccccn2)c1COc1cc(C(=O)NC2CCOCC2)n(C)n1. The van der Waals surface area contributed by atoms with Gasteiger partial charge in [-0.25, -0.2) is 0 Å². The molecule has 4 rings (SSSR count). The zero-order valence-corrected chi connectivity index (χ0v) is 16.4. The second kappa shape index (κ2) is 8.44. The molecule has 0 bridgehead atoms. The van der Waals surface area contributed by atoms with Gasteiger partial charge in [-0.3, -0.25) is 14.5 Å². The fourth-order valence-electron chi connectivity index (χ4n) is 3.24. The summed E-state index contributed by atoms with van der Waals surface area (Å²) in [5, 5.41) is 11.4. The van der Waals surface area contributed by atoms with Gasteiger partial charge in [0, 0.05) is 38.6 Å². The van der Waals surface area contributed by atoms with E-state index in [0.717, 1.165) is 18.4 Å². The standard InChI is InChI=1S/C20H23N5O4/c1-13-15(19(24-29-13)16-5-3-4-8-21-16)12-28-18-11-17(25(2)23-18)20(26)22-14-6-9-27-10-7-14/h3-5,8,11,14H,6-7,9-10,12H2,1-2H3,(H,22,26). The molecule has 0 aromatic carbocycles. The van der Waals surface area contributed by atoms with Gasteiger partial charge >= 0.3 is 0 Å². The molecule has 1 N–H and O–H groups in total. The highest BCUT2D eigenvalue weighted by Crippen LogP contribution is 2.25. The first-order valence-electron chi connectivity index (χ1n) is 9.54. The zero-order chi connectivity index (χ0) is 20.2. The molecular formula is C20H23N5O4. The van der Waals surface area contributed by atoms with Gasteiger partial charge < -0.3 is 19.3 Å². The molecule has 0 aliphatic carbocycles. The Hall–Kier alpha value is -3.20. The normalized spacial score (nSPS) is 14.7. The maximum Gasteiger partial charge on any atom is 0.269 e. The smallest absolute Gasteiger partial charge is 0.269 e. The van der Waals surface area contributed by atoms with Crippen LogP contribution in [0.15, 0.2) is 35.0 Å². The Kier molecular flexibility index (Phi) is 5.57. The van der Waals surface area contributed by atoms with E-state index in [1.807, 2.05) is 25.1 Å². The number of pyridine rings is 1. The largest absolute Gasteiger partial charge is 0.471 e. The highest BCUT2D eigenvalue weighted by Gasteiger charge is 2.21. The molecule has 3 aromatic rings. The number of amides is 1. The van der Waals surface area contributed by atoms with Crippen LogP contribution in [0.25, 0.3) is 11.4 Å². The van der Waals surface area contributed by atoms with Crippen LogP contribution in [0.1, 0.15) is 34.7 Å². The quantitative estimate of drug-likeness (QED) is 0.680. The molecule has 152 valence electrons. The molecule has 1 saturated heterocycles. The number of hydrogen-bond donors (Lipinski definition) is 1. The fraction of sp³-hybridized carbons (Fsp3) is 0.400. The van der Waals surface area contributed by atoms with Crippen LogP contribution in [0.5, 0.6) is 5.88 Å². The third-order valence-electron chi connectivity index (χ3n) is 4.90. The zero-order valence-electron chi connectivity index (χ0n) is 16.4. The van der Waals surface area contributed by atoms with Gasteiger partial charge in [0.1, 0.15) is 23.8 Å². The van der Waals surface area contributed by atoms with Gasteiger partial charge in [-0.05, 0) is 31.9 Å². The number of nitrogens with zero attached hydrogens (tertiary/aromatic N) is 4. The lowest BCUT2D eigenvalue weighted by Crippen LogP contribution is -2.39. The number of aryl methyl sites for hydroxylation is 2. The second-order valence-corrected chi connectivity index (χ2v) is 6.92. The van der Waals surface area contributed by atoms with Crippen molar-refractivity contribution in [3.8, 4) is 17.3 Å². The molecular weight excluding hydrogens is 374 g/mol. The molecule has 1 aliphatic heterocycles. The third kappa shape index (κ3) is 4.29. The number of aromatic nitrogens is 4. The van der Waals surface area contributed by atoms with Crippen LogP contribution in [0, 0.1) is 6.92 Å². The molecule has 4 heterocycles. The van der Waals surface area contributed by atoms with Gasteiger partial charge in [0.15, 0.2) is 0 Å². The van der Waals surface area contributed by atoms with E-state index in [1.165, 1.54) is 4.68 Å². The lowest BCUT2D eigenvalue weighted by molar-refractivity contribution is 0.0692. The fourth-order valence-corrected chi connectivity index (χ4v) is 3.24. The molecule has 0 atom stereocenters. The van der Waals surface area contributed by atoms with E-state index in [9.17, 15) is 4.79 Å². The number of rotatable bonds is 6. The van der Waals surface area contributed by atoms with Crippen molar-refractivity contribution >= 4 is 5.91 Å². The monoisotopic (exact) mass is 397 g/mol. The van der Waals surface area contributed by atoms with Crippen LogP contribution in [-0.2, 0) is 18.4 Å². The van der Waals surface area contributed by atoms with Gasteiger partial charge in [-0.15, -0.1) is 5.10 Å². The van der Waals surface area contributed by atoms with E-state index in [0.29, 0.717) is 41.9 Å². The molecule has 0 unspecified atom stereocenters. The summed E-state index contributed by atoms with van der Waals surface area (Å²) in [7, 11) is 1.72. The number of ether oxygens (including phenoxy) is 2. The summed E-state index contributed by atoms with van der Waals surface area (Å²) in [4.78, 5) is 16.9. The Labute approximate surface area is 168 Å². The number of carbonyl (C=O) groups is 1. The van der Waals surface area contributed by atoms with E-state index in [1.54, 1.807) is 19.3 Å². The molecule has 29 heavy (non-hydrogen) atoms. The minimum absolute atomic E-state index is 0.121. The highest BCUT2D eigenvalue weighted by atomic mass is 16.5. The van der Waals surface area contributed by atoms with Crippen LogP contribution in [0.3, 0.4) is 0 Å². The number of nitrogens with one attached hydrogen (secondary N) is 1. The van der Waals surface area contributed by atoms with Crippen LogP contribution in [0.2, 0.25) is 0 Å². The predicted molar refractivity (Wildman–Crippen MR) is 103 cm³/mol. The van der Waals surface area contributed by atoms with Gasteiger partial charge in [-0.2, -0.15) is 0 Å². The molecule has 0 saturated carbocycles. The third-order valence-corrected chi connectivity index (χ3v) is 4.90. The van der Waals surface area contributed by atoms with Crippen molar-refractivity contribution in [2.75, 3.05) is 13.2 Å². The molecule has 1 amide bonds. The second-order valence-electron chi connectivity index (χ2n) is 6.92. The molecule has 9 nitrogen and oxygen atoms in total. The van der Waals surface area contributed by atoms with Crippen molar-refractivity contribution in [2.24, 2.45) is 7.05 Å². The van der Waals surface area contributed by atoms with Crippen molar-refractivity contribution in [1.82, 2.24) is 25.2 Å². The average molecular weight is 397 g/mol. The van der Waals surface area contributed by atoms with Crippen LogP contribution in [-0.4, -0.2) is 45.1 Å². The van der Waals surface area contributed by atoms with Crippen molar-refractivity contribution in [3.05, 3.63) is 47.5 Å². The first kappa shape index (κ1) is 19.1. The van der Waals surface area contributed by atoms with Crippen molar-refractivity contribution in [3.63, 3.8) is 0 Å². The highest BCUT2D eigenvalue weighted by molar-refractivity contribution is 5.93. The summed E-state index contributed by atoms with van der Waals surface area (Å²) < 4.78 is 18.0. The summed E-state index contributed by atoms with van der Waals surface area (Å²) in [6, 6.07) is 7.35. The first-order valence-corrected chi connectivity index (χ1v) is 9.54. The van der Waals surface area contributed by atoms with E-state index >= 15 is 0 Å². The predicted octanol–water partition coefficient (Wildman–Crippen LogP) is 2.27. The molecule has 1 fully saturated rings.